The highest BCUT2D eigenvalue weighted by Crippen LogP contribution is 2.25. The van der Waals surface area contributed by atoms with Crippen molar-refractivity contribution in [1.29, 1.82) is 0 Å². The molecule has 1 aliphatic heterocycles. The van der Waals surface area contributed by atoms with Gasteiger partial charge in [0.1, 0.15) is 5.69 Å². The van der Waals surface area contributed by atoms with Gasteiger partial charge in [0.05, 0.1) is 6.67 Å². The summed E-state index contributed by atoms with van der Waals surface area (Å²) in [6, 6.07) is 4.02. The first-order valence-electron chi connectivity index (χ1n) is 7.80. The third kappa shape index (κ3) is 3.34. The van der Waals surface area contributed by atoms with Gasteiger partial charge < -0.3 is 25.8 Å². The summed E-state index contributed by atoms with van der Waals surface area (Å²) < 4.78 is 2.03. The van der Waals surface area contributed by atoms with Crippen molar-refractivity contribution in [2.24, 2.45) is 7.05 Å². The zero-order chi connectivity index (χ0) is 17.1. The van der Waals surface area contributed by atoms with Crippen molar-refractivity contribution in [1.82, 2.24) is 19.9 Å². The van der Waals surface area contributed by atoms with Crippen molar-refractivity contribution in [2.75, 3.05) is 35.7 Å². The first kappa shape index (κ1) is 15.9. The van der Waals surface area contributed by atoms with Gasteiger partial charge in [0.15, 0.2) is 5.82 Å². The average Bonchev–Trinajstić information content (AvgIpc) is 3.12. The molecule has 24 heavy (non-hydrogen) atoms. The Balaban J connectivity index is 1.48. The zero-order valence-corrected chi connectivity index (χ0v) is 13.5. The molecule has 0 atom stereocenters. The van der Waals surface area contributed by atoms with Crippen LogP contribution in [0.15, 0.2) is 23.1 Å². The quantitative estimate of drug-likeness (QED) is 0.573. The highest BCUT2D eigenvalue weighted by Gasteiger charge is 2.23. The number of amides is 1. The van der Waals surface area contributed by atoms with Gasteiger partial charge in [-0.3, -0.25) is 14.6 Å². The molecule has 9 nitrogen and oxygen atoms in total. The summed E-state index contributed by atoms with van der Waals surface area (Å²) in [5, 5.41) is 5.87. The van der Waals surface area contributed by atoms with Gasteiger partial charge in [-0.15, -0.1) is 0 Å². The first-order chi connectivity index (χ1) is 11.5. The lowest BCUT2D eigenvalue weighted by Crippen LogP contribution is -2.32. The number of nitrogen functional groups attached to an aromatic ring is 1. The zero-order valence-electron chi connectivity index (χ0n) is 13.5. The number of aromatic nitrogens is 3. The molecule has 0 bridgehead atoms. The van der Waals surface area contributed by atoms with Crippen LogP contribution < -0.4 is 26.8 Å². The van der Waals surface area contributed by atoms with E-state index in [1.807, 2.05) is 34.8 Å². The molecule has 0 unspecified atom stereocenters. The number of carbonyl (C=O) groups excluding carboxylic acids is 1. The van der Waals surface area contributed by atoms with Gasteiger partial charge in [0.2, 0.25) is 11.9 Å². The lowest BCUT2D eigenvalue weighted by Gasteiger charge is -2.16. The maximum absolute atomic E-state index is 12.0. The molecule has 0 saturated heterocycles. The molecule has 3 heterocycles. The maximum Gasteiger partial charge on any atom is 0.277 e. The van der Waals surface area contributed by atoms with Gasteiger partial charge in [-0.05, 0) is 12.1 Å². The van der Waals surface area contributed by atoms with Crippen molar-refractivity contribution < 1.29 is 4.79 Å². The molecule has 0 aliphatic carbocycles. The smallest absolute Gasteiger partial charge is 0.277 e. The normalized spacial score (nSPS) is 12.8. The van der Waals surface area contributed by atoms with E-state index in [9.17, 15) is 9.59 Å². The predicted octanol–water partition coefficient (Wildman–Crippen LogP) is -0.371. The molecule has 0 radical (unpaired) electrons. The second-order valence-corrected chi connectivity index (χ2v) is 5.71. The van der Waals surface area contributed by atoms with Crippen LogP contribution in [-0.2, 0) is 18.3 Å². The van der Waals surface area contributed by atoms with Crippen LogP contribution in [-0.4, -0.2) is 40.2 Å². The molecular formula is C15H21N7O2. The Bertz CT molecular complexity index is 795. The minimum Gasteiger partial charge on any atom is -0.369 e. The molecule has 128 valence electrons. The van der Waals surface area contributed by atoms with Crippen molar-refractivity contribution in [3.05, 3.63) is 34.4 Å². The Morgan fingerprint density at radius 3 is 3.08 bits per heavy atom. The van der Waals surface area contributed by atoms with E-state index < -0.39 is 0 Å². The standard InChI is InChI=1S/C15H21N7O2/c1-21-7-2-3-10(21)4-6-17-11(23)5-8-22-9-18-12-13(22)19-15(16)20-14(12)24/h2-3,7,18H,4-6,8-9H2,1H3,(H,17,23)(H3,16,19,20,24). The van der Waals surface area contributed by atoms with Crippen LogP contribution in [0.1, 0.15) is 12.1 Å². The van der Waals surface area contributed by atoms with Crippen LogP contribution in [0.2, 0.25) is 0 Å². The Morgan fingerprint density at radius 1 is 1.50 bits per heavy atom. The summed E-state index contributed by atoms with van der Waals surface area (Å²) in [5.41, 5.74) is 6.84. The summed E-state index contributed by atoms with van der Waals surface area (Å²) in [7, 11) is 1.98. The van der Waals surface area contributed by atoms with Crippen LogP contribution >= 0.6 is 0 Å². The number of carbonyl (C=O) groups is 1. The van der Waals surface area contributed by atoms with E-state index in [-0.39, 0.29) is 17.4 Å². The summed E-state index contributed by atoms with van der Waals surface area (Å²) in [5.74, 6) is 0.530. The fourth-order valence-electron chi connectivity index (χ4n) is 2.71. The highest BCUT2D eigenvalue weighted by molar-refractivity contribution is 5.77. The molecule has 0 aromatic carbocycles. The number of nitrogens with one attached hydrogen (secondary N) is 3. The number of aryl methyl sites for hydroxylation is 1. The van der Waals surface area contributed by atoms with E-state index in [0.29, 0.717) is 37.7 Å². The lowest BCUT2D eigenvalue weighted by atomic mass is 10.3. The number of hydrogen-bond donors (Lipinski definition) is 4. The first-order valence-corrected chi connectivity index (χ1v) is 7.80. The van der Waals surface area contributed by atoms with Crippen molar-refractivity contribution in [3.63, 3.8) is 0 Å². The number of anilines is 3. The number of hydrogen-bond acceptors (Lipinski definition) is 6. The number of H-pyrrole nitrogens is 1. The molecule has 0 saturated carbocycles. The van der Waals surface area contributed by atoms with E-state index in [4.69, 9.17) is 5.73 Å². The van der Waals surface area contributed by atoms with E-state index >= 15 is 0 Å². The Labute approximate surface area is 138 Å². The van der Waals surface area contributed by atoms with Gasteiger partial charge >= 0.3 is 0 Å². The van der Waals surface area contributed by atoms with E-state index in [1.165, 1.54) is 5.69 Å². The second kappa shape index (κ2) is 6.65. The van der Waals surface area contributed by atoms with Gasteiger partial charge in [-0.25, -0.2) is 0 Å². The summed E-state index contributed by atoms with van der Waals surface area (Å²) in [4.78, 5) is 32.1. The van der Waals surface area contributed by atoms with Crippen LogP contribution in [0.4, 0.5) is 17.5 Å². The van der Waals surface area contributed by atoms with Gasteiger partial charge in [-0.1, -0.05) is 0 Å². The summed E-state index contributed by atoms with van der Waals surface area (Å²) in [6.07, 6.45) is 3.09. The molecule has 2 aromatic rings. The van der Waals surface area contributed by atoms with Gasteiger partial charge in [0.25, 0.3) is 5.56 Å². The molecule has 1 aliphatic rings. The van der Waals surface area contributed by atoms with Crippen molar-refractivity contribution in [3.8, 4) is 0 Å². The number of rotatable bonds is 6. The third-order valence-electron chi connectivity index (χ3n) is 4.03. The molecule has 0 fully saturated rings. The number of aromatic amines is 1. The fourth-order valence-corrected chi connectivity index (χ4v) is 2.71. The molecule has 5 N–H and O–H groups in total. The summed E-state index contributed by atoms with van der Waals surface area (Å²) in [6.45, 7) is 1.49. The molecule has 2 aromatic heterocycles. The van der Waals surface area contributed by atoms with Crippen molar-refractivity contribution in [2.45, 2.75) is 12.8 Å². The second-order valence-electron chi connectivity index (χ2n) is 5.71. The number of fused-ring (bicyclic) bond motifs is 1. The predicted molar refractivity (Wildman–Crippen MR) is 91.8 cm³/mol. The topological polar surface area (TPSA) is 121 Å². The average molecular weight is 331 g/mol. The monoisotopic (exact) mass is 331 g/mol. The van der Waals surface area contributed by atoms with Crippen LogP contribution in [0.3, 0.4) is 0 Å². The molecular weight excluding hydrogens is 310 g/mol. The molecule has 0 spiro atoms. The van der Waals surface area contributed by atoms with Gasteiger partial charge in [-0.2, -0.15) is 4.98 Å². The Kier molecular flexibility index (Phi) is 4.41. The van der Waals surface area contributed by atoms with E-state index in [1.54, 1.807) is 0 Å². The number of nitrogens with two attached hydrogens (primary N) is 1. The summed E-state index contributed by atoms with van der Waals surface area (Å²) >= 11 is 0. The third-order valence-corrected chi connectivity index (χ3v) is 4.03. The van der Waals surface area contributed by atoms with Gasteiger partial charge in [0, 0.05) is 44.9 Å². The Morgan fingerprint density at radius 2 is 2.33 bits per heavy atom. The number of nitrogens with zero attached hydrogens (tertiary/aromatic N) is 3. The van der Waals surface area contributed by atoms with E-state index in [0.717, 1.165) is 6.42 Å². The molecule has 9 heteroatoms. The largest absolute Gasteiger partial charge is 0.369 e. The van der Waals surface area contributed by atoms with Crippen LogP contribution in [0, 0.1) is 0 Å². The maximum atomic E-state index is 12.0. The van der Waals surface area contributed by atoms with E-state index in [2.05, 4.69) is 20.6 Å². The minimum absolute atomic E-state index is 0.0320. The highest BCUT2D eigenvalue weighted by atomic mass is 16.1. The van der Waals surface area contributed by atoms with Crippen molar-refractivity contribution >= 4 is 23.4 Å². The Hall–Kier alpha value is -2.97. The minimum atomic E-state index is -0.299. The molecule has 3 rings (SSSR count). The SMILES string of the molecule is Cn1cccc1CCNC(=O)CCN1CNc2c1nc(N)[nH]c2=O. The lowest BCUT2D eigenvalue weighted by molar-refractivity contribution is -0.120. The van der Waals surface area contributed by atoms with Crippen LogP contribution in [0.25, 0.3) is 0 Å². The van der Waals surface area contributed by atoms with Crippen LogP contribution in [0.5, 0.6) is 0 Å². The fraction of sp³-hybridized carbons (Fsp3) is 0.400. The molecule has 1 amide bonds.